The Morgan fingerprint density at radius 2 is 1.94 bits per heavy atom. The molecular weight excluding hydrogens is 418 g/mol. The monoisotopic (exact) mass is 437 g/mol. The lowest BCUT2D eigenvalue weighted by molar-refractivity contribution is -0.111. The van der Waals surface area contributed by atoms with Crippen molar-refractivity contribution in [2.24, 2.45) is 0 Å². The molecule has 0 saturated heterocycles. The van der Waals surface area contributed by atoms with Crippen LogP contribution in [0, 0.1) is 6.92 Å². The van der Waals surface area contributed by atoms with Crippen molar-refractivity contribution in [3.8, 4) is 11.6 Å². The molecular formula is C24H19N7O2. The van der Waals surface area contributed by atoms with Gasteiger partial charge in [-0.05, 0) is 55.0 Å². The molecule has 5 aromatic rings. The van der Waals surface area contributed by atoms with Crippen molar-refractivity contribution in [3.05, 3.63) is 85.7 Å². The molecule has 0 fully saturated rings. The van der Waals surface area contributed by atoms with Crippen molar-refractivity contribution < 1.29 is 9.53 Å². The van der Waals surface area contributed by atoms with Gasteiger partial charge in [-0.3, -0.25) is 9.20 Å². The number of imidazole rings is 1. The van der Waals surface area contributed by atoms with Crippen molar-refractivity contribution in [2.45, 2.75) is 6.92 Å². The highest BCUT2D eigenvalue weighted by Gasteiger charge is 2.09. The van der Waals surface area contributed by atoms with E-state index in [-0.39, 0.29) is 5.91 Å². The van der Waals surface area contributed by atoms with Gasteiger partial charge in [0.2, 0.25) is 11.8 Å². The molecule has 2 aromatic carbocycles. The maximum Gasteiger partial charge on any atom is 0.247 e. The molecule has 1 amide bonds. The quantitative estimate of drug-likeness (QED) is 0.373. The van der Waals surface area contributed by atoms with E-state index in [2.05, 4.69) is 37.1 Å². The van der Waals surface area contributed by atoms with E-state index in [0.717, 1.165) is 27.8 Å². The summed E-state index contributed by atoms with van der Waals surface area (Å²) in [6, 6.07) is 12.9. The maximum atomic E-state index is 11.6. The molecule has 5 rings (SSSR count). The second kappa shape index (κ2) is 8.39. The van der Waals surface area contributed by atoms with E-state index in [4.69, 9.17) is 4.74 Å². The van der Waals surface area contributed by atoms with E-state index in [0.29, 0.717) is 23.1 Å². The Balaban J connectivity index is 1.40. The van der Waals surface area contributed by atoms with E-state index in [1.165, 1.54) is 12.4 Å². The van der Waals surface area contributed by atoms with Crippen LogP contribution in [-0.4, -0.2) is 30.2 Å². The fraction of sp³-hybridized carbons (Fsp3) is 0.0417. The first-order chi connectivity index (χ1) is 16.1. The number of benzene rings is 2. The average Bonchev–Trinajstić information content (AvgIpc) is 3.29. The van der Waals surface area contributed by atoms with Gasteiger partial charge in [-0.2, -0.15) is 0 Å². The van der Waals surface area contributed by atoms with Crippen LogP contribution in [0.4, 0.5) is 17.2 Å². The van der Waals surface area contributed by atoms with E-state index in [9.17, 15) is 4.79 Å². The third-order valence-corrected chi connectivity index (χ3v) is 5.00. The van der Waals surface area contributed by atoms with Crippen molar-refractivity contribution >= 4 is 39.6 Å². The Morgan fingerprint density at radius 1 is 1.06 bits per heavy atom. The number of fused-ring (bicyclic) bond motifs is 2. The predicted molar refractivity (Wildman–Crippen MR) is 126 cm³/mol. The molecule has 3 heterocycles. The molecule has 33 heavy (non-hydrogen) atoms. The van der Waals surface area contributed by atoms with Crippen LogP contribution in [0.15, 0.2) is 80.2 Å². The van der Waals surface area contributed by atoms with Crippen LogP contribution in [-0.2, 0) is 4.79 Å². The van der Waals surface area contributed by atoms with Crippen LogP contribution in [0.2, 0.25) is 0 Å². The number of carbonyl (C=O) groups is 1. The van der Waals surface area contributed by atoms with Crippen molar-refractivity contribution in [2.75, 3.05) is 10.6 Å². The van der Waals surface area contributed by atoms with E-state index in [1.807, 2.05) is 47.9 Å². The molecule has 0 spiro atoms. The number of aromatic nitrogens is 5. The van der Waals surface area contributed by atoms with Crippen molar-refractivity contribution in [1.82, 2.24) is 24.3 Å². The summed E-state index contributed by atoms with van der Waals surface area (Å²) >= 11 is 0. The molecule has 9 nitrogen and oxygen atoms in total. The van der Waals surface area contributed by atoms with Crippen LogP contribution in [0.25, 0.3) is 16.6 Å². The Labute approximate surface area is 188 Å². The Morgan fingerprint density at radius 3 is 2.79 bits per heavy atom. The summed E-state index contributed by atoms with van der Waals surface area (Å²) in [5.41, 5.74) is 3.89. The summed E-state index contributed by atoms with van der Waals surface area (Å²) in [6.45, 7) is 5.43. The lowest BCUT2D eigenvalue weighted by Crippen LogP contribution is -2.07. The summed E-state index contributed by atoms with van der Waals surface area (Å²) in [7, 11) is 0. The van der Waals surface area contributed by atoms with Gasteiger partial charge >= 0.3 is 0 Å². The predicted octanol–water partition coefficient (Wildman–Crippen LogP) is 4.64. The first-order valence-corrected chi connectivity index (χ1v) is 10.1. The maximum absolute atomic E-state index is 11.6. The molecule has 0 radical (unpaired) electrons. The van der Waals surface area contributed by atoms with E-state index >= 15 is 0 Å². The fourth-order valence-electron chi connectivity index (χ4n) is 3.37. The molecule has 0 aliphatic carbocycles. The largest absolute Gasteiger partial charge is 0.439 e. The molecule has 0 unspecified atom stereocenters. The van der Waals surface area contributed by atoms with Gasteiger partial charge in [0, 0.05) is 35.2 Å². The van der Waals surface area contributed by atoms with Gasteiger partial charge in [0.05, 0.1) is 5.52 Å². The Hall–Kier alpha value is -4.79. The first-order valence-electron chi connectivity index (χ1n) is 10.1. The summed E-state index contributed by atoms with van der Waals surface area (Å²) in [5.74, 6) is 1.49. The number of nitrogens with one attached hydrogen (secondary N) is 2. The number of ether oxygens (including phenoxy) is 1. The number of hydrogen-bond donors (Lipinski definition) is 2. The van der Waals surface area contributed by atoms with Crippen molar-refractivity contribution in [1.29, 1.82) is 0 Å². The summed E-state index contributed by atoms with van der Waals surface area (Å²) < 4.78 is 7.77. The van der Waals surface area contributed by atoms with Gasteiger partial charge in [0.15, 0.2) is 0 Å². The average molecular weight is 437 g/mol. The third-order valence-electron chi connectivity index (χ3n) is 5.00. The number of anilines is 3. The molecule has 0 saturated carbocycles. The second-order valence-corrected chi connectivity index (χ2v) is 7.27. The lowest BCUT2D eigenvalue weighted by Gasteiger charge is -2.12. The van der Waals surface area contributed by atoms with Crippen LogP contribution in [0.3, 0.4) is 0 Å². The zero-order chi connectivity index (χ0) is 22.8. The number of nitrogens with zero attached hydrogens (tertiary/aromatic N) is 5. The standard InChI is InChI=1S/C24H19N7O2/c1-3-22(32)29-17-4-6-19-18(11-17)24(27-13-26-19)30-16-5-7-20(15(2)10-16)33-23-12-21-25-8-9-31(21)14-28-23/h3-14H,1H2,2H3,(H,29,32)(H,26,27,30). The molecule has 3 aromatic heterocycles. The van der Waals surface area contributed by atoms with E-state index in [1.54, 1.807) is 24.7 Å². The van der Waals surface area contributed by atoms with Crippen LogP contribution in [0.5, 0.6) is 11.6 Å². The van der Waals surface area contributed by atoms with Crippen LogP contribution < -0.4 is 15.4 Å². The summed E-state index contributed by atoms with van der Waals surface area (Å²) in [4.78, 5) is 28.9. The number of aryl methyl sites for hydroxylation is 1. The SMILES string of the molecule is C=CC(=O)Nc1ccc2ncnc(Nc3ccc(Oc4cc5nccn5cn4)c(C)c3)c2c1. The third kappa shape index (κ3) is 4.19. The second-order valence-electron chi connectivity index (χ2n) is 7.27. The Kier molecular flexibility index (Phi) is 5.12. The number of amides is 1. The highest BCUT2D eigenvalue weighted by atomic mass is 16.5. The molecule has 9 heteroatoms. The molecule has 2 N–H and O–H groups in total. The molecule has 0 aliphatic heterocycles. The minimum Gasteiger partial charge on any atom is -0.439 e. The Bertz CT molecular complexity index is 1510. The molecule has 0 atom stereocenters. The van der Waals surface area contributed by atoms with Crippen molar-refractivity contribution in [3.63, 3.8) is 0 Å². The number of hydrogen-bond acceptors (Lipinski definition) is 7. The zero-order valence-electron chi connectivity index (χ0n) is 17.7. The minimum atomic E-state index is -0.284. The highest BCUT2D eigenvalue weighted by molar-refractivity contribution is 6.01. The summed E-state index contributed by atoms with van der Waals surface area (Å²) in [6.07, 6.45) is 7.91. The zero-order valence-corrected chi connectivity index (χ0v) is 17.7. The minimum absolute atomic E-state index is 0.284. The van der Waals surface area contributed by atoms with Gasteiger partial charge in [-0.15, -0.1) is 0 Å². The van der Waals surface area contributed by atoms with Crippen LogP contribution in [0.1, 0.15) is 5.56 Å². The molecule has 162 valence electrons. The molecule has 0 bridgehead atoms. The number of rotatable bonds is 6. The summed E-state index contributed by atoms with van der Waals surface area (Å²) in [5, 5.41) is 6.85. The topological polar surface area (TPSA) is 106 Å². The normalized spacial score (nSPS) is 10.8. The fourth-order valence-corrected chi connectivity index (χ4v) is 3.37. The smallest absolute Gasteiger partial charge is 0.247 e. The number of carbonyl (C=O) groups excluding carboxylic acids is 1. The van der Waals surface area contributed by atoms with Crippen LogP contribution >= 0.6 is 0 Å². The van der Waals surface area contributed by atoms with Gasteiger partial charge in [-0.25, -0.2) is 19.9 Å². The van der Waals surface area contributed by atoms with Gasteiger partial charge in [0.25, 0.3) is 0 Å². The first kappa shape index (κ1) is 20.1. The lowest BCUT2D eigenvalue weighted by atomic mass is 10.1. The molecule has 0 aliphatic rings. The highest BCUT2D eigenvalue weighted by Crippen LogP contribution is 2.30. The van der Waals surface area contributed by atoms with Gasteiger partial charge in [-0.1, -0.05) is 6.58 Å². The van der Waals surface area contributed by atoms with E-state index < -0.39 is 0 Å². The van der Waals surface area contributed by atoms with Gasteiger partial charge in [0.1, 0.15) is 29.9 Å². The van der Waals surface area contributed by atoms with Gasteiger partial charge < -0.3 is 15.4 Å².